The van der Waals surface area contributed by atoms with Crippen LogP contribution >= 0.6 is 0 Å². The minimum absolute atomic E-state index is 0.0536. The average Bonchev–Trinajstić information content (AvgIpc) is 2.47. The Morgan fingerprint density at radius 2 is 2.05 bits per heavy atom. The Balaban J connectivity index is 2.42. The molecule has 0 bridgehead atoms. The van der Waals surface area contributed by atoms with Gasteiger partial charge in [-0.05, 0) is 18.2 Å². The van der Waals surface area contributed by atoms with Crippen LogP contribution < -0.4 is 10.0 Å². The fourth-order valence-corrected chi connectivity index (χ4v) is 2.80. The number of sulfonamides is 1. The lowest BCUT2D eigenvalue weighted by Crippen LogP contribution is -2.16. The van der Waals surface area contributed by atoms with Crippen molar-refractivity contribution in [1.29, 1.82) is 0 Å². The lowest BCUT2D eigenvalue weighted by atomic mass is 10.3. The molecule has 0 saturated carbocycles. The molecule has 0 aliphatic heterocycles. The Hall–Kier alpha value is -2.75. The zero-order chi connectivity index (χ0) is 15.5. The van der Waals surface area contributed by atoms with Gasteiger partial charge in [0.05, 0.1) is 10.6 Å². The first-order valence-electron chi connectivity index (χ1n) is 5.71. The van der Waals surface area contributed by atoms with E-state index in [-0.39, 0.29) is 22.1 Å². The summed E-state index contributed by atoms with van der Waals surface area (Å²) in [4.78, 5) is 9.99. The maximum atomic E-state index is 12.3. The number of nitrogens with one attached hydrogen (secondary N) is 2. The second-order valence-electron chi connectivity index (χ2n) is 3.90. The first-order valence-corrected chi connectivity index (χ1v) is 7.19. The van der Waals surface area contributed by atoms with E-state index < -0.39 is 14.9 Å². The van der Waals surface area contributed by atoms with Crippen LogP contribution in [0, 0.1) is 10.1 Å². The fraction of sp³-hybridized carbons (Fsp3) is 0.0909. The molecule has 1 aromatic heterocycles. The van der Waals surface area contributed by atoms with E-state index in [1.54, 1.807) is 0 Å². The van der Waals surface area contributed by atoms with Gasteiger partial charge in [0, 0.05) is 25.4 Å². The number of aromatic nitrogens is 2. The van der Waals surface area contributed by atoms with Crippen LogP contribution in [0.15, 0.2) is 41.4 Å². The van der Waals surface area contributed by atoms with Crippen molar-refractivity contribution in [3.8, 4) is 0 Å². The van der Waals surface area contributed by atoms with E-state index in [9.17, 15) is 18.5 Å². The van der Waals surface area contributed by atoms with E-state index >= 15 is 0 Å². The summed E-state index contributed by atoms with van der Waals surface area (Å²) in [7, 11) is -2.46. The van der Waals surface area contributed by atoms with Crippen molar-refractivity contribution in [3.05, 3.63) is 46.6 Å². The number of anilines is 2. The summed E-state index contributed by atoms with van der Waals surface area (Å²) in [6, 6.07) is 6.38. The van der Waals surface area contributed by atoms with Crippen LogP contribution in [0.2, 0.25) is 0 Å². The largest absolute Gasteiger partial charge is 0.387 e. The second-order valence-corrected chi connectivity index (χ2v) is 5.55. The molecule has 10 heteroatoms. The summed E-state index contributed by atoms with van der Waals surface area (Å²) >= 11 is 0. The quantitative estimate of drug-likeness (QED) is 0.628. The van der Waals surface area contributed by atoms with Gasteiger partial charge in [0.15, 0.2) is 5.82 Å². The van der Waals surface area contributed by atoms with Crippen LogP contribution in [0.1, 0.15) is 0 Å². The van der Waals surface area contributed by atoms with E-state index in [1.807, 2.05) is 0 Å². The number of benzene rings is 1. The van der Waals surface area contributed by atoms with Crippen molar-refractivity contribution in [3.63, 3.8) is 0 Å². The molecule has 2 N–H and O–H groups in total. The van der Waals surface area contributed by atoms with E-state index in [4.69, 9.17) is 0 Å². The third-order valence-electron chi connectivity index (χ3n) is 2.54. The van der Waals surface area contributed by atoms with Gasteiger partial charge >= 0.3 is 0 Å². The normalized spacial score (nSPS) is 10.9. The van der Waals surface area contributed by atoms with Crippen molar-refractivity contribution in [2.75, 3.05) is 17.1 Å². The summed E-state index contributed by atoms with van der Waals surface area (Å²) in [5.41, 5.74) is -0.0987. The van der Waals surface area contributed by atoms with E-state index in [0.717, 1.165) is 18.2 Å². The summed E-state index contributed by atoms with van der Waals surface area (Å²) in [6.07, 6.45) is 1.41. The third kappa shape index (κ3) is 3.23. The third-order valence-corrected chi connectivity index (χ3v) is 3.96. The molecule has 1 aromatic carbocycles. The van der Waals surface area contributed by atoms with Crippen LogP contribution in [-0.4, -0.2) is 30.6 Å². The van der Waals surface area contributed by atoms with Gasteiger partial charge < -0.3 is 5.32 Å². The maximum absolute atomic E-state index is 12.3. The molecule has 0 amide bonds. The molecule has 21 heavy (non-hydrogen) atoms. The molecule has 110 valence electrons. The number of nitrogens with zero attached hydrogens (tertiary/aromatic N) is 3. The Bertz CT molecular complexity index is 763. The molecule has 0 fully saturated rings. The minimum Gasteiger partial charge on any atom is -0.387 e. The van der Waals surface area contributed by atoms with Crippen LogP contribution in [0.4, 0.5) is 17.2 Å². The molecule has 2 rings (SSSR count). The molecule has 0 aliphatic carbocycles. The molecule has 0 saturated heterocycles. The molecule has 0 radical (unpaired) electrons. The number of nitro groups is 1. The van der Waals surface area contributed by atoms with Gasteiger partial charge in [-0.25, -0.2) is 8.42 Å². The summed E-state index contributed by atoms with van der Waals surface area (Å²) < 4.78 is 26.8. The number of rotatable bonds is 5. The molecule has 0 spiro atoms. The molecule has 2 aromatic rings. The molecular formula is C11H11N5O4S. The first-order chi connectivity index (χ1) is 9.94. The van der Waals surface area contributed by atoms with Gasteiger partial charge in [-0.1, -0.05) is 0 Å². The number of hydrogen-bond donors (Lipinski definition) is 2. The molecule has 0 atom stereocenters. The number of hydrogen-bond acceptors (Lipinski definition) is 7. The fourth-order valence-electron chi connectivity index (χ4n) is 1.61. The van der Waals surface area contributed by atoms with Crippen LogP contribution in [0.3, 0.4) is 0 Å². The molecule has 1 heterocycles. The Labute approximate surface area is 120 Å². The Morgan fingerprint density at radius 1 is 1.29 bits per heavy atom. The summed E-state index contributed by atoms with van der Waals surface area (Å²) in [6.45, 7) is 0. The highest BCUT2D eigenvalue weighted by Crippen LogP contribution is 2.27. The summed E-state index contributed by atoms with van der Waals surface area (Å²) in [5.74, 6) is 0.0536. The molecular weight excluding hydrogens is 298 g/mol. The van der Waals surface area contributed by atoms with Crippen molar-refractivity contribution in [2.45, 2.75) is 4.90 Å². The van der Waals surface area contributed by atoms with Crippen molar-refractivity contribution < 1.29 is 13.3 Å². The molecule has 9 nitrogen and oxygen atoms in total. The smallest absolute Gasteiger partial charge is 0.271 e. The van der Waals surface area contributed by atoms with Crippen LogP contribution in [-0.2, 0) is 10.0 Å². The minimum atomic E-state index is -3.94. The zero-order valence-corrected chi connectivity index (χ0v) is 11.7. The lowest BCUT2D eigenvalue weighted by molar-refractivity contribution is -0.384. The SMILES string of the molecule is CNc1cc([N+](=O)[O-])ccc1S(=O)(=O)Nc1cccnn1. The van der Waals surface area contributed by atoms with E-state index in [0.29, 0.717) is 0 Å². The Morgan fingerprint density at radius 3 is 2.62 bits per heavy atom. The molecule has 0 unspecified atom stereocenters. The van der Waals surface area contributed by atoms with Gasteiger partial charge in [-0.2, -0.15) is 5.10 Å². The standard InChI is InChI=1S/C11H11N5O4S/c1-12-9-7-8(16(17)18)4-5-10(9)21(19,20)15-11-3-2-6-13-14-11/h2-7,12H,1H3,(H,14,15). The predicted molar refractivity (Wildman–Crippen MR) is 75.5 cm³/mol. The number of non-ortho nitro benzene ring substituents is 1. The van der Waals surface area contributed by atoms with Gasteiger partial charge in [-0.3, -0.25) is 14.8 Å². The second kappa shape index (κ2) is 5.71. The highest BCUT2D eigenvalue weighted by Gasteiger charge is 2.21. The van der Waals surface area contributed by atoms with Gasteiger partial charge in [0.1, 0.15) is 4.90 Å². The van der Waals surface area contributed by atoms with Gasteiger partial charge in [-0.15, -0.1) is 5.10 Å². The van der Waals surface area contributed by atoms with Crippen molar-refractivity contribution in [1.82, 2.24) is 10.2 Å². The topological polar surface area (TPSA) is 127 Å². The lowest BCUT2D eigenvalue weighted by Gasteiger charge is -2.11. The van der Waals surface area contributed by atoms with Crippen molar-refractivity contribution >= 4 is 27.2 Å². The molecule has 0 aliphatic rings. The van der Waals surface area contributed by atoms with Crippen LogP contribution in [0.25, 0.3) is 0 Å². The van der Waals surface area contributed by atoms with E-state index in [1.165, 1.54) is 25.4 Å². The maximum Gasteiger partial charge on any atom is 0.271 e. The highest BCUT2D eigenvalue weighted by molar-refractivity contribution is 7.92. The van der Waals surface area contributed by atoms with Gasteiger partial charge in [0.2, 0.25) is 0 Å². The monoisotopic (exact) mass is 309 g/mol. The average molecular weight is 309 g/mol. The van der Waals surface area contributed by atoms with E-state index in [2.05, 4.69) is 20.2 Å². The first kappa shape index (κ1) is 14.7. The van der Waals surface area contributed by atoms with Gasteiger partial charge in [0.25, 0.3) is 15.7 Å². The predicted octanol–water partition coefficient (Wildman–Crippen LogP) is 1.23. The Kier molecular flexibility index (Phi) is 3.98. The summed E-state index contributed by atoms with van der Waals surface area (Å²) in [5, 5.41) is 20.5. The number of nitro benzene ring substituents is 1. The van der Waals surface area contributed by atoms with Crippen LogP contribution in [0.5, 0.6) is 0 Å². The zero-order valence-electron chi connectivity index (χ0n) is 10.8. The van der Waals surface area contributed by atoms with Crippen molar-refractivity contribution in [2.24, 2.45) is 0 Å². The highest BCUT2D eigenvalue weighted by atomic mass is 32.2.